The summed E-state index contributed by atoms with van der Waals surface area (Å²) in [5.41, 5.74) is 2.70. The first-order valence-corrected chi connectivity index (χ1v) is 12.3. The van der Waals surface area contributed by atoms with E-state index in [1.165, 1.54) is 4.90 Å². The number of urea groups is 1. The van der Waals surface area contributed by atoms with Crippen molar-refractivity contribution in [2.45, 2.75) is 37.9 Å². The van der Waals surface area contributed by atoms with Gasteiger partial charge in [-0.3, -0.25) is 14.5 Å². The summed E-state index contributed by atoms with van der Waals surface area (Å²) in [4.78, 5) is 43.4. The van der Waals surface area contributed by atoms with Gasteiger partial charge in [0, 0.05) is 17.4 Å². The second kappa shape index (κ2) is 10.2. The molecule has 0 spiro atoms. The van der Waals surface area contributed by atoms with Gasteiger partial charge in [-0.2, -0.15) is 5.26 Å². The standard InChI is InChI=1S/C27H28N6O4/c1-37-24-8-4-6-20-19(24)12-22(31-20)26(35)32-21(11-16-9-10-16)25(34)30-18(13-28)15-33-23-7-3-2-5-17(23)14-29-27(33)36/h2-8,12,16,18,21,31H,9-11,14-15H2,1H3,(H,29,36)(H,30,34)(H,32,35)/t18-,21+/m1/s1. The van der Waals surface area contributed by atoms with Crippen molar-refractivity contribution in [3.63, 3.8) is 0 Å². The summed E-state index contributed by atoms with van der Waals surface area (Å²) in [5, 5.41) is 18.9. The number of H-pyrrole nitrogens is 1. The molecular weight excluding hydrogens is 472 g/mol. The van der Waals surface area contributed by atoms with Crippen LogP contribution >= 0.6 is 0 Å². The Hall–Kier alpha value is -4.52. The van der Waals surface area contributed by atoms with Crippen molar-refractivity contribution in [1.29, 1.82) is 5.26 Å². The average molecular weight is 501 g/mol. The lowest BCUT2D eigenvalue weighted by Crippen LogP contribution is -2.54. The van der Waals surface area contributed by atoms with Gasteiger partial charge >= 0.3 is 6.03 Å². The van der Waals surface area contributed by atoms with E-state index in [1.807, 2.05) is 42.5 Å². The molecule has 2 aromatic carbocycles. The highest BCUT2D eigenvalue weighted by Gasteiger charge is 2.33. The number of carbonyl (C=O) groups is 3. The van der Waals surface area contributed by atoms with Crippen LogP contribution in [0.5, 0.6) is 5.75 Å². The zero-order chi connectivity index (χ0) is 25.9. The van der Waals surface area contributed by atoms with Crippen LogP contribution in [0.15, 0.2) is 48.5 Å². The number of aromatic amines is 1. The molecule has 4 N–H and O–H groups in total. The van der Waals surface area contributed by atoms with Gasteiger partial charge in [0.25, 0.3) is 5.91 Å². The van der Waals surface area contributed by atoms with Crippen molar-refractivity contribution in [3.05, 3.63) is 59.8 Å². The number of nitrogens with one attached hydrogen (secondary N) is 4. The predicted octanol–water partition coefficient (Wildman–Crippen LogP) is 2.81. The van der Waals surface area contributed by atoms with Crippen LogP contribution in [0.3, 0.4) is 0 Å². The van der Waals surface area contributed by atoms with E-state index in [-0.39, 0.29) is 12.6 Å². The fourth-order valence-electron chi connectivity index (χ4n) is 4.64. The van der Waals surface area contributed by atoms with E-state index in [1.54, 1.807) is 13.2 Å². The first-order chi connectivity index (χ1) is 18.0. The number of benzene rings is 2. The number of nitriles is 1. The van der Waals surface area contributed by atoms with Crippen molar-refractivity contribution in [2.75, 3.05) is 18.6 Å². The maximum atomic E-state index is 13.3. The van der Waals surface area contributed by atoms with Crippen molar-refractivity contribution in [2.24, 2.45) is 5.92 Å². The van der Waals surface area contributed by atoms with Crippen LogP contribution in [0, 0.1) is 17.2 Å². The molecule has 0 saturated heterocycles. The minimum Gasteiger partial charge on any atom is -0.496 e. The molecule has 1 saturated carbocycles. The molecule has 190 valence electrons. The first-order valence-electron chi connectivity index (χ1n) is 12.3. The highest BCUT2D eigenvalue weighted by atomic mass is 16.5. The topological polar surface area (TPSA) is 139 Å². The number of rotatable bonds is 9. The number of fused-ring (bicyclic) bond motifs is 2. The molecule has 1 aliphatic heterocycles. The van der Waals surface area contributed by atoms with Crippen molar-refractivity contribution >= 4 is 34.4 Å². The molecule has 5 rings (SSSR count). The average Bonchev–Trinajstić information content (AvgIpc) is 3.62. The van der Waals surface area contributed by atoms with E-state index in [4.69, 9.17) is 4.74 Å². The zero-order valence-electron chi connectivity index (χ0n) is 20.4. The number of nitrogens with zero attached hydrogens (tertiary/aromatic N) is 2. The summed E-state index contributed by atoms with van der Waals surface area (Å²) in [6.45, 7) is 0.390. The van der Waals surface area contributed by atoms with Gasteiger partial charge in [0.2, 0.25) is 5.91 Å². The van der Waals surface area contributed by atoms with Crippen LogP contribution in [0.25, 0.3) is 10.9 Å². The Kier molecular flexibility index (Phi) is 6.68. The normalized spacial score (nSPS) is 16.2. The lowest BCUT2D eigenvalue weighted by molar-refractivity contribution is -0.123. The molecule has 2 atom stereocenters. The molecule has 10 heteroatoms. The summed E-state index contributed by atoms with van der Waals surface area (Å²) >= 11 is 0. The van der Waals surface area contributed by atoms with E-state index in [9.17, 15) is 19.6 Å². The molecule has 1 fully saturated rings. The highest BCUT2D eigenvalue weighted by molar-refractivity contribution is 6.01. The fourth-order valence-corrected chi connectivity index (χ4v) is 4.64. The second-order valence-corrected chi connectivity index (χ2v) is 9.40. The van der Waals surface area contributed by atoms with Crippen molar-refractivity contribution in [1.82, 2.24) is 20.9 Å². The smallest absolute Gasteiger partial charge is 0.322 e. The Labute approximate surface area is 214 Å². The van der Waals surface area contributed by atoms with Gasteiger partial charge in [-0.15, -0.1) is 0 Å². The third kappa shape index (κ3) is 5.21. The lowest BCUT2D eigenvalue weighted by atomic mass is 10.1. The molecule has 0 bridgehead atoms. The zero-order valence-corrected chi connectivity index (χ0v) is 20.4. The van der Waals surface area contributed by atoms with Crippen LogP contribution in [-0.2, 0) is 11.3 Å². The third-order valence-corrected chi connectivity index (χ3v) is 6.77. The number of ether oxygens (including phenoxy) is 1. The SMILES string of the molecule is COc1cccc2[nH]c(C(=O)N[C@@H](CC3CC3)C(=O)N[C@H](C#N)CN3C(=O)NCc4ccccc43)cc12. The first kappa shape index (κ1) is 24.2. The van der Waals surface area contributed by atoms with Gasteiger partial charge in [0.15, 0.2) is 0 Å². The summed E-state index contributed by atoms with van der Waals surface area (Å²) in [5.74, 6) is 0.113. The van der Waals surface area contributed by atoms with Crippen LogP contribution in [0.2, 0.25) is 0 Å². The van der Waals surface area contributed by atoms with Crippen molar-refractivity contribution in [3.8, 4) is 11.8 Å². The molecule has 2 heterocycles. The minimum absolute atomic E-state index is 0.0169. The molecule has 0 unspecified atom stereocenters. The molecular formula is C27H28N6O4. The number of anilines is 1. The van der Waals surface area contributed by atoms with Gasteiger partial charge in [-0.1, -0.05) is 37.1 Å². The minimum atomic E-state index is -0.958. The maximum Gasteiger partial charge on any atom is 0.322 e. The maximum absolute atomic E-state index is 13.3. The van der Waals surface area contributed by atoms with E-state index >= 15 is 0 Å². The van der Waals surface area contributed by atoms with Crippen LogP contribution < -0.4 is 25.6 Å². The van der Waals surface area contributed by atoms with Gasteiger partial charge in [-0.25, -0.2) is 4.79 Å². The Morgan fingerprint density at radius 2 is 2.00 bits per heavy atom. The molecule has 3 aromatic rings. The molecule has 37 heavy (non-hydrogen) atoms. The molecule has 2 aliphatic rings. The highest BCUT2D eigenvalue weighted by Crippen LogP contribution is 2.34. The Morgan fingerprint density at radius 1 is 1.19 bits per heavy atom. The predicted molar refractivity (Wildman–Crippen MR) is 137 cm³/mol. The van der Waals surface area contributed by atoms with Gasteiger partial charge < -0.3 is 25.7 Å². The van der Waals surface area contributed by atoms with E-state index < -0.39 is 23.9 Å². The number of aromatic nitrogens is 1. The summed E-state index contributed by atoms with van der Waals surface area (Å²) in [6.07, 6.45) is 2.47. The van der Waals surface area contributed by atoms with Gasteiger partial charge in [0.05, 0.1) is 25.4 Å². The number of hydrogen-bond donors (Lipinski definition) is 4. The van der Waals surface area contributed by atoms with Crippen molar-refractivity contribution < 1.29 is 19.1 Å². The molecule has 0 radical (unpaired) electrons. The summed E-state index contributed by atoms with van der Waals surface area (Å²) in [7, 11) is 1.56. The molecule has 10 nitrogen and oxygen atoms in total. The summed E-state index contributed by atoms with van der Waals surface area (Å²) in [6, 6.07) is 14.6. The van der Waals surface area contributed by atoms with Crippen LogP contribution in [-0.4, -0.2) is 48.6 Å². The van der Waals surface area contributed by atoms with E-state index in [2.05, 4.69) is 27.0 Å². The van der Waals surface area contributed by atoms with Crippen LogP contribution in [0.4, 0.5) is 10.5 Å². The Morgan fingerprint density at radius 3 is 2.76 bits per heavy atom. The monoisotopic (exact) mass is 500 g/mol. The molecule has 1 aromatic heterocycles. The van der Waals surface area contributed by atoms with Crippen LogP contribution in [0.1, 0.15) is 35.3 Å². The number of methoxy groups -OCH3 is 1. The quantitative estimate of drug-likeness (QED) is 0.358. The Balaban J connectivity index is 1.29. The number of para-hydroxylation sites is 1. The fraction of sp³-hybridized carbons (Fsp3) is 0.333. The second-order valence-electron chi connectivity index (χ2n) is 9.40. The third-order valence-electron chi connectivity index (χ3n) is 6.77. The largest absolute Gasteiger partial charge is 0.496 e. The number of carbonyl (C=O) groups excluding carboxylic acids is 3. The van der Waals surface area contributed by atoms with E-state index in [0.29, 0.717) is 36.0 Å². The number of hydrogen-bond acceptors (Lipinski definition) is 5. The molecule has 1 aliphatic carbocycles. The van der Waals surface area contributed by atoms with Gasteiger partial charge in [-0.05, 0) is 42.2 Å². The summed E-state index contributed by atoms with van der Waals surface area (Å²) < 4.78 is 5.37. The molecule has 4 amide bonds. The van der Waals surface area contributed by atoms with E-state index in [0.717, 1.165) is 29.3 Å². The lowest BCUT2D eigenvalue weighted by Gasteiger charge is -2.31. The number of amides is 4. The Bertz CT molecular complexity index is 1390. The van der Waals surface area contributed by atoms with Gasteiger partial charge in [0.1, 0.15) is 23.5 Å².